The molecule has 0 saturated carbocycles. The molecule has 1 saturated heterocycles. The largest absolute Gasteiger partial charge is 0.491 e. The molecule has 3 rings (SSSR count). The number of carbonyl (C=O) groups excluding carboxylic acids is 3. The number of nitrogens with zero attached hydrogens (tertiary/aromatic N) is 1. The molecule has 3 amide bonds. The van der Waals surface area contributed by atoms with Crippen LogP contribution in [0.15, 0.2) is 18.2 Å². The van der Waals surface area contributed by atoms with Crippen LogP contribution in [0.25, 0.3) is 0 Å². The molecule has 23 heavy (non-hydrogen) atoms. The molecule has 0 aliphatic carbocycles. The number of amides is 3. The van der Waals surface area contributed by atoms with Crippen molar-refractivity contribution in [1.29, 1.82) is 0 Å². The number of piperidine rings is 1. The summed E-state index contributed by atoms with van der Waals surface area (Å²) in [4.78, 5) is 37.3. The number of benzene rings is 1. The Balaban J connectivity index is 1.79. The molecule has 2 heterocycles. The van der Waals surface area contributed by atoms with Crippen molar-refractivity contribution in [2.75, 3.05) is 0 Å². The van der Waals surface area contributed by atoms with Gasteiger partial charge >= 0.3 is 0 Å². The normalized spacial score (nSPS) is 21.9. The molecule has 2 aliphatic heterocycles. The summed E-state index contributed by atoms with van der Waals surface area (Å²) in [7, 11) is 0. The van der Waals surface area contributed by atoms with Gasteiger partial charge in [0.25, 0.3) is 5.91 Å². The molecule has 1 aromatic rings. The predicted octanol–water partition coefficient (Wildman–Crippen LogP) is 1.62. The second-order valence-electron chi connectivity index (χ2n) is 6.06. The molecule has 1 aromatic carbocycles. The summed E-state index contributed by atoms with van der Waals surface area (Å²) in [5.74, 6) is -0.0984. The standard InChI is InChI=1S/C17H20N2O4/c1-3-10(2)23-12-4-5-13-11(8-12)9-19(17(13)22)14-6-7-15(20)18-16(14)21/h4-5,8,10,14H,3,6-7,9H2,1-2H3,(H,18,20,21). The maximum atomic E-state index is 12.5. The zero-order valence-corrected chi connectivity index (χ0v) is 13.3. The Morgan fingerprint density at radius 1 is 1.35 bits per heavy atom. The third-order valence-corrected chi connectivity index (χ3v) is 4.41. The molecule has 0 spiro atoms. The molecular formula is C17H20N2O4. The molecular weight excluding hydrogens is 296 g/mol. The zero-order chi connectivity index (χ0) is 16.6. The van der Waals surface area contributed by atoms with E-state index < -0.39 is 11.9 Å². The van der Waals surface area contributed by atoms with Crippen molar-refractivity contribution in [2.45, 2.75) is 51.8 Å². The van der Waals surface area contributed by atoms with Gasteiger partial charge in [-0.1, -0.05) is 6.92 Å². The van der Waals surface area contributed by atoms with E-state index >= 15 is 0 Å². The first-order chi connectivity index (χ1) is 11.0. The quantitative estimate of drug-likeness (QED) is 0.857. The van der Waals surface area contributed by atoms with Gasteiger partial charge in [-0.2, -0.15) is 0 Å². The van der Waals surface area contributed by atoms with E-state index in [2.05, 4.69) is 5.32 Å². The maximum Gasteiger partial charge on any atom is 0.255 e. The van der Waals surface area contributed by atoms with E-state index in [0.29, 0.717) is 18.5 Å². The maximum absolute atomic E-state index is 12.5. The van der Waals surface area contributed by atoms with Crippen LogP contribution in [0.4, 0.5) is 0 Å². The molecule has 1 N–H and O–H groups in total. The third kappa shape index (κ3) is 2.93. The molecule has 2 unspecified atom stereocenters. The second-order valence-corrected chi connectivity index (χ2v) is 6.06. The second kappa shape index (κ2) is 6.02. The van der Waals surface area contributed by atoms with Gasteiger partial charge < -0.3 is 9.64 Å². The molecule has 2 atom stereocenters. The fraction of sp³-hybridized carbons (Fsp3) is 0.471. The Morgan fingerprint density at radius 2 is 2.13 bits per heavy atom. The van der Waals surface area contributed by atoms with E-state index in [9.17, 15) is 14.4 Å². The number of nitrogens with one attached hydrogen (secondary N) is 1. The van der Waals surface area contributed by atoms with Gasteiger partial charge in [-0.15, -0.1) is 0 Å². The molecule has 0 bridgehead atoms. The predicted molar refractivity (Wildman–Crippen MR) is 82.9 cm³/mol. The lowest BCUT2D eigenvalue weighted by Gasteiger charge is -2.29. The Kier molecular flexibility index (Phi) is 4.07. The van der Waals surface area contributed by atoms with Crippen LogP contribution in [-0.4, -0.2) is 34.8 Å². The highest BCUT2D eigenvalue weighted by Gasteiger charge is 2.39. The van der Waals surface area contributed by atoms with E-state index in [-0.39, 0.29) is 24.3 Å². The number of rotatable bonds is 4. The van der Waals surface area contributed by atoms with Crippen molar-refractivity contribution in [3.8, 4) is 5.75 Å². The van der Waals surface area contributed by atoms with E-state index in [1.165, 1.54) is 0 Å². The molecule has 0 aromatic heterocycles. The van der Waals surface area contributed by atoms with Gasteiger partial charge in [0.05, 0.1) is 6.10 Å². The van der Waals surface area contributed by atoms with Crippen LogP contribution in [-0.2, 0) is 16.1 Å². The van der Waals surface area contributed by atoms with Crippen molar-refractivity contribution < 1.29 is 19.1 Å². The Bertz CT molecular complexity index is 671. The summed E-state index contributed by atoms with van der Waals surface area (Å²) in [5.41, 5.74) is 1.46. The van der Waals surface area contributed by atoms with Crippen LogP contribution in [0.5, 0.6) is 5.75 Å². The lowest BCUT2D eigenvalue weighted by molar-refractivity contribution is -0.136. The van der Waals surface area contributed by atoms with Crippen LogP contribution in [0.1, 0.15) is 49.0 Å². The molecule has 1 fully saturated rings. The van der Waals surface area contributed by atoms with Gasteiger partial charge in [0.15, 0.2) is 0 Å². The van der Waals surface area contributed by atoms with Crippen LogP contribution in [0.2, 0.25) is 0 Å². The summed E-state index contributed by atoms with van der Waals surface area (Å²) in [6.45, 7) is 4.42. The van der Waals surface area contributed by atoms with Crippen molar-refractivity contribution in [3.05, 3.63) is 29.3 Å². The highest BCUT2D eigenvalue weighted by Crippen LogP contribution is 2.30. The molecule has 6 nitrogen and oxygen atoms in total. The minimum absolute atomic E-state index is 0.108. The van der Waals surface area contributed by atoms with Gasteiger partial charge in [0.1, 0.15) is 11.8 Å². The first kappa shape index (κ1) is 15.5. The van der Waals surface area contributed by atoms with Crippen molar-refractivity contribution >= 4 is 17.7 Å². The van der Waals surface area contributed by atoms with Crippen molar-refractivity contribution in [2.24, 2.45) is 0 Å². The average molecular weight is 316 g/mol. The lowest BCUT2D eigenvalue weighted by atomic mass is 10.0. The van der Waals surface area contributed by atoms with E-state index in [0.717, 1.165) is 17.7 Å². The summed E-state index contributed by atoms with van der Waals surface area (Å²) in [5, 5.41) is 2.30. The Hall–Kier alpha value is -2.37. The van der Waals surface area contributed by atoms with Crippen molar-refractivity contribution in [3.63, 3.8) is 0 Å². The summed E-state index contributed by atoms with van der Waals surface area (Å²) < 4.78 is 5.79. The summed E-state index contributed by atoms with van der Waals surface area (Å²) >= 11 is 0. The van der Waals surface area contributed by atoms with E-state index in [1.807, 2.05) is 19.9 Å². The van der Waals surface area contributed by atoms with Crippen LogP contribution >= 0.6 is 0 Å². The minimum atomic E-state index is -0.577. The third-order valence-electron chi connectivity index (χ3n) is 4.41. The summed E-state index contributed by atoms with van der Waals surface area (Å²) in [6, 6.07) is 4.83. The molecule has 0 radical (unpaired) electrons. The van der Waals surface area contributed by atoms with Crippen LogP contribution in [0, 0.1) is 0 Å². The Labute approximate surface area is 134 Å². The van der Waals surface area contributed by atoms with Gasteiger partial charge in [0, 0.05) is 18.5 Å². The zero-order valence-electron chi connectivity index (χ0n) is 13.3. The molecule has 122 valence electrons. The van der Waals surface area contributed by atoms with Crippen LogP contribution < -0.4 is 10.1 Å². The van der Waals surface area contributed by atoms with Gasteiger partial charge in [-0.05, 0) is 43.5 Å². The number of hydrogen-bond acceptors (Lipinski definition) is 4. The van der Waals surface area contributed by atoms with Gasteiger partial charge in [-0.25, -0.2) is 0 Å². The first-order valence-electron chi connectivity index (χ1n) is 7.94. The summed E-state index contributed by atoms with van der Waals surface area (Å²) in [6.07, 6.45) is 1.65. The lowest BCUT2D eigenvalue weighted by Crippen LogP contribution is -2.52. The smallest absolute Gasteiger partial charge is 0.255 e. The van der Waals surface area contributed by atoms with E-state index in [4.69, 9.17) is 4.74 Å². The first-order valence-corrected chi connectivity index (χ1v) is 7.94. The van der Waals surface area contributed by atoms with Gasteiger partial charge in [0.2, 0.25) is 11.8 Å². The highest BCUT2D eigenvalue weighted by molar-refractivity contribution is 6.05. The monoisotopic (exact) mass is 316 g/mol. The number of imide groups is 1. The van der Waals surface area contributed by atoms with Gasteiger partial charge in [-0.3, -0.25) is 19.7 Å². The topological polar surface area (TPSA) is 75.7 Å². The van der Waals surface area contributed by atoms with E-state index in [1.54, 1.807) is 17.0 Å². The number of fused-ring (bicyclic) bond motifs is 1. The van der Waals surface area contributed by atoms with Crippen molar-refractivity contribution in [1.82, 2.24) is 10.2 Å². The highest BCUT2D eigenvalue weighted by atomic mass is 16.5. The Morgan fingerprint density at radius 3 is 2.83 bits per heavy atom. The number of carbonyl (C=O) groups is 3. The number of hydrogen-bond donors (Lipinski definition) is 1. The fourth-order valence-electron chi connectivity index (χ4n) is 2.94. The fourth-order valence-corrected chi connectivity index (χ4v) is 2.94. The molecule has 6 heteroatoms. The number of ether oxygens (including phenoxy) is 1. The average Bonchev–Trinajstić information content (AvgIpc) is 2.83. The minimum Gasteiger partial charge on any atom is -0.491 e. The molecule has 2 aliphatic rings. The SMILES string of the molecule is CCC(C)Oc1ccc2c(c1)CN(C1CCC(=O)NC1=O)C2=O. The van der Waals surface area contributed by atoms with Crippen LogP contribution in [0.3, 0.4) is 0 Å².